The number of aromatic nitrogens is 2. The van der Waals surface area contributed by atoms with Gasteiger partial charge in [0.15, 0.2) is 0 Å². The first-order valence-electron chi connectivity index (χ1n) is 7.46. The molecule has 1 N–H and O–H groups in total. The molecule has 1 aromatic heterocycles. The number of aryl methyl sites for hydroxylation is 2. The monoisotopic (exact) mass is 249 g/mol. The van der Waals surface area contributed by atoms with Crippen LogP contribution >= 0.6 is 0 Å². The minimum absolute atomic E-state index is 0.922. The van der Waals surface area contributed by atoms with Gasteiger partial charge in [0.05, 0.1) is 5.69 Å². The van der Waals surface area contributed by atoms with Crippen molar-refractivity contribution in [3.8, 4) is 0 Å². The molecule has 3 heteroatoms. The SMILES string of the molecule is CCNc1nc(C)cn1CCC1CCCC(C)C1. The third-order valence-electron chi connectivity index (χ3n) is 4.06. The lowest BCUT2D eigenvalue weighted by molar-refractivity contribution is 0.261. The van der Waals surface area contributed by atoms with E-state index in [0.717, 1.165) is 36.6 Å². The van der Waals surface area contributed by atoms with Gasteiger partial charge in [-0.15, -0.1) is 0 Å². The first-order chi connectivity index (χ1) is 8.69. The normalized spacial score (nSPS) is 24.2. The predicted octanol–water partition coefficient (Wildman–Crippen LogP) is 3.84. The Balaban J connectivity index is 1.88. The minimum Gasteiger partial charge on any atom is -0.356 e. The van der Waals surface area contributed by atoms with Gasteiger partial charge >= 0.3 is 0 Å². The molecule has 18 heavy (non-hydrogen) atoms. The van der Waals surface area contributed by atoms with Crippen LogP contribution in [-0.2, 0) is 6.54 Å². The Morgan fingerprint density at radius 2 is 2.28 bits per heavy atom. The Hall–Kier alpha value is -0.990. The van der Waals surface area contributed by atoms with Gasteiger partial charge in [0, 0.05) is 19.3 Å². The second kappa shape index (κ2) is 6.26. The fourth-order valence-corrected chi connectivity index (χ4v) is 3.16. The van der Waals surface area contributed by atoms with Crippen LogP contribution in [0.3, 0.4) is 0 Å². The summed E-state index contributed by atoms with van der Waals surface area (Å²) in [7, 11) is 0. The first-order valence-corrected chi connectivity index (χ1v) is 7.46. The third-order valence-corrected chi connectivity index (χ3v) is 4.06. The molecule has 2 unspecified atom stereocenters. The van der Waals surface area contributed by atoms with Crippen LogP contribution in [0.2, 0.25) is 0 Å². The van der Waals surface area contributed by atoms with Crippen molar-refractivity contribution in [2.24, 2.45) is 11.8 Å². The Labute approximate surface area is 111 Å². The van der Waals surface area contributed by atoms with Gasteiger partial charge in [0.2, 0.25) is 5.95 Å². The van der Waals surface area contributed by atoms with Crippen molar-refractivity contribution in [2.45, 2.75) is 59.4 Å². The van der Waals surface area contributed by atoms with Gasteiger partial charge in [-0.3, -0.25) is 0 Å². The van der Waals surface area contributed by atoms with E-state index in [1.807, 2.05) is 0 Å². The van der Waals surface area contributed by atoms with Crippen molar-refractivity contribution < 1.29 is 0 Å². The van der Waals surface area contributed by atoms with Crippen LogP contribution in [0.4, 0.5) is 5.95 Å². The lowest BCUT2D eigenvalue weighted by Crippen LogP contribution is -2.16. The van der Waals surface area contributed by atoms with Crippen LogP contribution in [0.25, 0.3) is 0 Å². The molecule has 1 aliphatic carbocycles. The molecule has 1 fully saturated rings. The fraction of sp³-hybridized carbons (Fsp3) is 0.800. The maximum Gasteiger partial charge on any atom is 0.203 e. The Morgan fingerprint density at radius 3 is 3.00 bits per heavy atom. The Morgan fingerprint density at radius 1 is 1.44 bits per heavy atom. The summed E-state index contributed by atoms with van der Waals surface area (Å²) in [5.41, 5.74) is 1.11. The fourth-order valence-electron chi connectivity index (χ4n) is 3.16. The summed E-state index contributed by atoms with van der Waals surface area (Å²) in [4.78, 5) is 4.53. The summed E-state index contributed by atoms with van der Waals surface area (Å²) >= 11 is 0. The van der Waals surface area contributed by atoms with Crippen LogP contribution in [-0.4, -0.2) is 16.1 Å². The molecule has 102 valence electrons. The Kier molecular flexibility index (Phi) is 4.67. The highest BCUT2D eigenvalue weighted by molar-refractivity contribution is 5.28. The summed E-state index contributed by atoms with van der Waals surface area (Å²) in [6.45, 7) is 8.65. The molecule has 1 heterocycles. The van der Waals surface area contributed by atoms with Gasteiger partial charge in [0.1, 0.15) is 0 Å². The smallest absolute Gasteiger partial charge is 0.203 e. The van der Waals surface area contributed by atoms with E-state index < -0.39 is 0 Å². The first kappa shape index (κ1) is 13.4. The van der Waals surface area contributed by atoms with Crippen LogP contribution in [0.5, 0.6) is 0 Å². The number of hydrogen-bond donors (Lipinski definition) is 1. The number of nitrogens with zero attached hydrogens (tertiary/aromatic N) is 2. The number of hydrogen-bond acceptors (Lipinski definition) is 2. The van der Waals surface area contributed by atoms with Crippen LogP contribution in [0.15, 0.2) is 6.20 Å². The second-order valence-corrected chi connectivity index (χ2v) is 5.86. The summed E-state index contributed by atoms with van der Waals surface area (Å²) < 4.78 is 2.29. The van der Waals surface area contributed by atoms with Gasteiger partial charge in [-0.2, -0.15) is 0 Å². The summed E-state index contributed by atoms with van der Waals surface area (Å²) in [5, 5.41) is 3.35. The van der Waals surface area contributed by atoms with Crippen molar-refractivity contribution >= 4 is 5.95 Å². The lowest BCUT2D eigenvalue weighted by atomic mass is 9.81. The van der Waals surface area contributed by atoms with E-state index in [2.05, 4.69) is 41.8 Å². The molecule has 1 saturated carbocycles. The quantitative estimate of drug-likeness (QED) is 0.859. The zero-order valence-corrected chi connectivity index (χ0v) is 12.1. The third kappa shape index (κ3) is 3.50. The molecular weight excluding hydrogens is 222 g/mol. The molecule has 0 radical (unpaired) electrons. The van der Waals surface area contributed by atoms with Gasteiger partial charge in [-0.1, -0.05) is 26.2 Å². The molecule has 0 saturated heterocycles. The zero-order valence-electron chi connectivity index (χ0n) is 12.1. The summed E-state index contributed by atoms with van der Waals surface area (Å²) in [6.07, 6.45) is 9.18. The van der Waals surface area contributed by atoms with E-state index in [9.17, 15) is 0 Å². The van der Waals surface area contributed by atoms with E-state index in [0.29, 0.717) is 0 Å². The number of imidazole rings is 1. The average Bonchev–Trinajstić information content (AvgIpc) is 2.68. The number of anilines is 1. The van der Waals surface area contributed by atoms with Gasteiger partial charge in [-0.05, 0) is 38.5 Å². The molecular formula is C15H27N3. The van der Waals surface area contributed by atoms with Crippen LogP contribution < -0.4 is 5.32 Å². The molecule has 0 aliphatic heterocycles. The average molecular weight is 249 g/mol. The standard InChI is InChI=1S/C15H27N3/c1-4-16-15-17-13(3)11-18(15)9-8-14-7-5-6-12(2)10-14/h11-12,14H,4-10H2,1-3H3,(H,16,17). The van der Waals surface area contributed by atoms with E-state index in [-0.39, 0.29) is 0 Å². The van der Waals surface area contributed by atoms with Crippen molar-refractivity contribution in [1.82, 2.24) is 9.55 Å². The summed E-state index contributed by atoms with van der Waals surface area (Å²) in [6, 6.07) is 0. The topological polar surface area (TPSA) is 29.9 Å². The molecule has 0 aromatic carbocycles. The van der Waals surface area contributed by atoms with Gasteiger partial charge in [0.25, 0.3) is 0 Å². The second-order valence-electron chi connectivity index (χ2n) is 5.86. The molecule has 1 aliphatic rings. The Bertz CT molecular complexity index is 370. The largest absolute Gasteiger partial charge is 0.356 e. The highest BCUT2D eigenvalue weighted by Crippen LogP contribution is 2.31. The molecule has 2 atom stereocenters. The highest BCUT2D eigenvalue weighted by Gasteiger charge is 2.19. The van der Waals surface area contributed by atoms with Crippen molar-refractivity contribution in [3.05, 3.63) is 11.9 Å². The van der Waals surface area contributed by atoms with Gasteiger partial charge < -0.3 is 9.88 Å². The van der Waals surface area contributed by atoms with E-state index >= 15 is 0 Å². The van der Waals surface area contributed by atoms with Crippen LogP contribution in [0, 0.1) is 18.8 Å². The molecule has 2 rings (SSSR count). The van der Waals surface area contributed by atoms with Crippen molar-refractivity contribution in [1.29, 1.82) is 0 Å². The van der Waals surface area contributed by atoms with Crippen LogP contribution in [0.1, 0.15) is 51.6 Å². The highest BCUT2D eigenvalue weighted by atomic mass is 15.2. The maximum atomic E-state index is 4.53. The number of rotatable bonds is 5. The molecule has 1 aromatic rings. The van der Waals surface area contributed by atoms with Crippen molar-refractivity contribution in [2.75, 3.05) is 11.9 Å². The van der Waals surface area contributed by atoms with Gasteiger partial charge in [-0.25, -0.2) is 4.98 Å². The maximum absolute atomic E-state index is 4.53. The molecule has 3 nitrogen and oxygen atoms in total. The molecule has 0 spiro atoms. The van der Waals surface area contributed by atoms with E-state index in [1.54, 1.807) is 0 Å². The molecule has 0 bridgehead atoms. The lowest BCUT2D eigenvalue weighted by Gasteiger charge is -2.26. The summed E-state index contributed by atoms with van der Waals surface area (Å²) in [5.74, 6) is 2.89. The van der Waals surface area contributed by atoms with E-state index in [1.165, 1.54) is 32.1 Å². The zero-order chi connectivity index (χ0) is 13.0. The van der Waals surface area contributed by atoms with E-state index in [4.69, 9.17) is 0 Å². The minimum atomic E-state index is 0.922. The molecule has 0 amide bonds. The predicted molar refractivity (Wildman–Crippen MR) is 76.9 cm³/mol. The van der Waals surface area contributed by atoms with Crippen molar-refractivity contribution in [3.63, 3.8) is 0 Å². The number of nitrogens with one attached hydrogen (secondary N) is 1.